The minimum Gasteiger partial charge on any atom is -0.496 e. The van der Waals surface area contributed by atoms with Crippen LogP contribution < -0.4 is 15.0 Å². The van der Waals surface area contributed by atoms with E-state index in [0.717, 1.165) is 13.1 Å². The van der Waals surface area contributed by atoms with Crippen molar-refractivity contribution in [2.45, 2.75) is 18.9 Å². The normalized spacial score (nSPS) is 15.4. The molecule has 0 saturated carbocycles. The average Bonchev–Trinajstić information content (AvgIpc) is 3.22. The second-order valence-electron chi connectivity index (χ2n) is 7.16. The first kappa shape index (κ1) is 19.2. The van der Waals surface area contributed by atoms with Gasteiger partial charge in [-0.2, -0.15) is 0 Å². The number of nitrogens with one attached hydrogen (secondary N) is 1. The second kappa shape index (κ2) is 8.91. The van der Waals surface area contributed by atoms with Gasteiger partial charge in [-0.05, 0) is 55.8 Å². The molecule has 1 fully saturated rings. The van der Waals surface area contributed by atoms with E-state index in [0.29, 0.717) is 17.9 Å². The number of carbonyl (C=O) groups is 1. The summed E-state index contributed by atoms with van der Waals surface area (Å²) in [7, 11) is 5.67. The number of benzene rings is 2. The lowest BCUT2D eigenvalue weighted by Crippen LogP contribution is -2.37. The van der Waals surface area contributed by atoms with Crippen molar-refractivity contribution in [3.63, 3.8) is 0 Å². The summed E-state index contributed by atoms with van der Waals surface area (Å²) in [5.74, 6) is 0.504. The molecule has 0 aliphatic carbocycles. The predicted molar refractivity (Wildman–Crippen MR) is 110 cm³/mol. The van der Waals surface area contributed by atoms with E-state index in [1.807, 2.05) is 32.3 Å². The Morgan fingerprint density at radius 1 is 1.11 bits per heavy atom. The molecule has 1 atom stereocenters. The van der Waals surface area contributed by atoms with Gasteiger partial charge in [-0.3, -0.25) is 9.69 Å². The number of rotatable bonds is 7. The summed E-state index contributed by atoms with van der Waals surface area (Å²) in [6, 6.07) is 16.1. The first-order valence-corrected chi connectivity index (χ1v) is 9.52. The third-order valence-corrected chi connectivity index (χ3v) is 5.18. The molecule has 2 aromatic rings. The van der Waals surface area contributed by atoms with E-state index in [1.165, 1.54) is 24.1 Å². The summed E-state index contributed by atoms with van der Waals surface area (Å²) in [4.78, 5) is 17.3. The Morgan fingerprint density at radius 2 is 1.78 bits per heavy atom. The third-order valence-electron chi connectivity index (χ3n) is 5.18. The fourth-order valence-corrected chi connectivity index (χ4v) is 3.62. The van der Waals surface area contributed by atoms with Gasteiger partial charge in [0.05, 0.1) is 18.7 Å². The van der Waals surface area contributed by atoms with Crippen molar-refractivity contribution in [1.82, 2.24) is 10.2 Å². The van der Waals surface area contributed by atoms with Gasteiger partial charge < -0.3 is 15.0 Å². The van der Waals surface area contributed by atoms with Crippen LogP contribution in [0.5, 0.6) is 5.75 Å². The molecule has 1 amide bonds. The first-order chi connectivity index (χ1) is 13.1. The van der Waals surface area contributed by atoms with Crippen molar-refractivity contribution in [2.24, 2.45) is 0 Å². The number of hydrogen-bond acceptors (Lipinski definition) is 4. The molecule has 5 nitrogen and oxygen atoms in total. The highest BCUT2D eigenvalue weighted by atomic mass is 16.5. The molecule has 2 aromatic carbocycles. The largest absolute Gasteiger partial charge is 0.496 e. The van der Waals surface area contributed by atoms with E-state index in [-0.39, 0.29) is 11.9 Å². The zero-order valence-electron chi connectivity index (χ0n) is 16.4. The van der Waals surface area contributed by atoms with Crippen molar-refractivity contribution in [3.05, 3.63) is 59.7 Å². The van der Waals surface area contributed by atoms with Crippen molar-refractivity contribution in [2.75, 3.05) is 45.7 Å². The van der Waals surface area contributed by atoms with Crippen LogP contribution in [0.15, 0.2) is 48.5 Å². The molecular weight excluding hydrogens is 338 g/mol. The number of amides is 1. The zero-order chi connectivity index (χ0) is 19.2. The molecule has 0 aromatic heterocycles. The summed E-state index contributed by atoms with van der Waals surface area (Å²) in [6.07, 6.45) is 2.43. The van der Waals surface area contributed by atoms with Crippen molar-refractivity contribution in [1.29, 1.82) is 0 Å². The number of carbonyl (C=O) groups excluding carboxylic acids is 1. The van der Waals surface area contributed by atoms with Gasteiger partial charge in [-0.15, -0.1) is 0 Å². The van der Waals surface area contributed by atoms with Gasteiger partial charge in [-0.25, -0.2) is 0 Å². The van der Waals surface area contributed by atoms with Gasteiger partial charge in [0.15, 0.2) is 0 Å². The number of likely N-dealkylation sites (tertiary alicyclic amines) is 1. The number of methoxy groups -OCH3 is 1. The topological polar surface area (TPSA) is 44.8 Å². The summed E-state index contributed by atoms with van der Waals surface area (Å²) in [5.41, 5.74) is 2.99. The number of para-hydroxylation sites is 1. The summed E-state index contributed by atoms with van der Waals surface area (Å²) in [6.45, 7) is 2.73. The number of nitrogens with zero attached hydrogens (tertiary/aromatic N) is 2. The first-order valence-electron chi connectivity index (χ1n) is 9.52. The highest BCUT2D eigenvalue weighted by Crippen LogP contribution is 2.26. The quantitative estimate of drug-likeness (QED) is 0.815. The molecule has 1 aliphatic heterocycles. The minimum absolute atomic E-state index is 0.0958. The van der Waals surface area contributed by atoms with Crippen LogP contribution in [-0.4, -0.2) is 51.6 Å². The maximum absolute atomic E-state index is 12.7. The van der Waals surface area contributed by atoms with Crippen LogP contribution in [0.25, 0.3) is 0 Å². The lowest BCUT2D eigenvalue weighted by atomic mass is 10.0. The van der Waals surface area contributed by atoms with Crippen LogP contribution in [0.2, 0.25) is 0 Å². The lowest BCUT2D eigenvalue weighted by Gasteiger charge is -2.28. The Kier molecular flexibility index (Phi) is 6.35. The molecule has 0 radical (unpaired) electrons. The molecule has 27 heavy (non-hydrogen) atoms. The highest BCUT2D eigenvalue weighted by Gasteiger charge is 2.24. The summed E-state index contributed by atoms with van der Waals surface area (Å²) < 4.78 is 5.32. The van der Waals surface area contributed by atoms with E-state index < -0.39 is 0 Å². The summed E-state index contributed by atoms with van der Waals surface area (Å²) >= 11 is 0. The molecule has 1 N–H and O–H groups in total. The fraction of sp³-hybridized carbons (Fsp3) is 0.409. The molecule has 1 heterocycles. The fourth-order valence-electron chi connectivity index (χ4n) is 3.62. The molecule has 1 saturated heterocycles. The molecule has 1 aliphatic rings. The van der Waals surface area contributed by atoms with E-state index in [9.17, 15) is 4.79 Å². The standard InChI is InChI=1S/C22H29N3O2/c1-24(2)18-12-10-17(11-13-18)20(25-14-6-7-15-25)16-23-22(26)19-8-4-5-9-21(19)27-3/h4-5,8-13,20H,6-7,14-16H2,1-3H3,(H,23,26). The van der Waals surface area contributed by atoms with Crippen LogP contribution in [0.1, 0.15) is 34.8 Å². The molecule has 144 valence electrons. The average molecular weight is 367 g/mol. The zero-order valence-corrected chi connectivity index (χ0v) is 16.4. The maximum atomic E-state index is 12.7. The Morgan fingerprint density at radius 3 is 2.41 bits per heavy atom. The van der Waals surface area contributed by atoms with Gasteiger partial charge >= 0.3 is 0 Å². The Bertz CT molecular complexity index is 752. The van der Waals surface area contributed by atoms with Gasteiger partial charge in [0, 0.05) is 26.3 Å². The van der Waals surface area contributed by atoms with Gasteiger partial charge in [0.2, 0.25) is 0 Å². The highest BCUT2D eigenvalue weighted by molar-refractivity contribution is 5.96. The second-order valence-corrected chi connectivity index (χ2v) is 7.16. The maximum Gasteiger partial charge on any atom is 0.255 e. The van der Waals surface area contributed by atoms with Gasteiger partial charge in [-0.1, -0.05) is 24.3 Å². The SMILES string of the molecule is COc1ccccc1C(=O)NCC(c1ccc(N(C)C)cc1)N1CCCC1. The predicted octanol–water partition coefficient (Wildman–Crippen LogP) is 3.33. The van der Waals surface area contributed by atoms with E-state index in [4.69, 9.17) is 4.74 Å². The van der Waals surface area contributed by atoms with E-state index >= 15 is 0 Å². The lowest BCUT2D eigenvalue weighted by molar-refractivity contribution is 0.0935. The molecule has 0 spiro atoms. The number of ether oxygens (including phenoxy) is 1. The van der Waals surface area contributed by atoms with Gasteiger partial charge in [0.25, 0.3) is 5.91 Å². The van der Waals surface area contributed by atoms with Crippen LogP contribution in [-0.2, 0) is 0 Å². The molecule has 5 heteroatoms. The molecule has 1 unspecified atom stereocenters. The Labute approximate surface area is 161 Å². The van der Waals surface area contributed by atoms with Crippen molar-refractivity contribution in [3.8, 4) is 5.75 Å². The van der Waals surface area contributed by atoms with Crippen LogP contribution in [0.4, 0.5) is 5.69 Å². The summed E-state index contributed by atoms with van der Waals surface area (Å²) in [5, 5.41) is 3.12. The monoisotopic (exact) mass is 367 g/mol. The van der Waals surface area contributed by atoms with Gasteiger partial charge in [0.1, 0.15) is 5.75 Å². The molecule has 3 rings (SSSR count). The van der Waals surface area contributed by atoms with E-state index in [2.05, 4.69) is 39.4 Å². The van der Waals surface area contributed by atoms with Crippen LogP contribution >= 0.6 is 0 Å². The van der Waals surface area contributed by atoms with Crippen LogP contribution in [0, 0.1) is 0 Å². The number of hydrogen-bond donors (Lipinski definition) is 1. The molecule has 0 bridgehead atoms. The molecular formula is C22H29N3O2. The third kappa shape index (κ3) is 4.61. The van der Waals surface area contributed by atoms with E-state index in [1.54, 1.807) is 13.2 Å². The van der Waals surface area contributed by atoms with Crippen molar-refractivity contribution < 1.29 is 9.53 Å². The Balaban J connectivity index is 1.75. The minimum atomic E-state index is -0.0958. The number of anilines is 1. The van der Waals surface area contributed by atoms with Crippen LogP contribution in [0.3, 0.4) is 0 Å². The Hall–Kier alpha value is -2.53. The van der Waals surface area contributed by atoms with Crippen molar-refractivity contribution >= 4 is 11.6 Å². The smallest absolute Gasteiger partial charge is 0.255 e.